The fourth-order valence-electron chi connectivity index (χ4n) is 2.29. The first-order valence-electron chi connectivity index (χ1n) is 7.18. The number of carboxylic acids is 1. The third-order valence-electron chi connectivity index (χ3n) is 3.42. The predicted molar refractivity (Wildman–Crippen MR) is 82.0 cm³/mol. The molecule has 1 aromatic rings. The van der Waals surface area contributed by atoms with Crippen LogP contribution in [0.4, 0.5) is 4.79 Å². The topological polar surface area (TPSA) is 78.9 Å². The van der Waals surface area contributed by atoms with Gasteiger partial charge in [0.25, 0.3) is 0 Å². The summed E-state index contributed by atoms with van der Waals surface area (Å²) >= 11 is 5.98. The van der Waals surface area contributed by atoms with E-state index in [1.165, 1.54) is 0 Å². The lowest BCUT2D eigenvalue weighted by molar-refractivity contribution is -0.137. The smallest absolute Gasteiger partial charge is 0.317 e. The van der Waals surface area contributed by atoms with Crippen LogP contribution in [0.15, 0.2) is 24.3 Å². The number of carbonyl (C=O) groups excluding carboxylic acids is 1. The molecule has 1 fully saturated rings. The molecule has 0 aliphatic carbocycles. The van der Waals surface area contributed by atoms with Crippen LogP contribution in [-0.2, 0) is 9.53 Å². The van der Waals surface area contributed by atoms with Crippen LogP contribution in [0.1, 0.15) is 24.5 Å². The van der Waals surface area contributed by atoms with Gasteiger partial charge < -0.3 is 20.1 Å². The molecule has 1 unspecified atom stereocenters. The Balaban J connectivity index is 1.84. The monoisotopic (exact) mass is 326 g/mol. The Morgan fingerprint density at radius 2 is 2.27 bits per heavy atom. The van der Waals surface area contributed by atoms with E-state index in [4.69, 9.17) is 21.4 Å². The second-order valence-corrected chi connectivity index (χ2v) is 5.53. The minimum Gasteiger partial charge on any atom is -0.481 e. The number of rotatable bonds is 5. The SMILES string of the molecule is O=C(O)CCCNC(=O)N1CCOC(c2cccc(Cl)c2)C1. The van der Waals surface area contributed by atoms with Crippen molar-refractivity contribution < 1.29 is 19.4 Å². The normalized spacial score (nSPS) is 18.0. The largest absolute Gasteiger partial charge is 0.481 e. The Bertz CT molecular complexity index is 538. The summed E-state index contributed by atoms with van der Waals surface area (Å²) in [7, 11) is 0. The van der Waals surface area contributed by atoms with Gasteiger partial charge in [0.05, 0.1) is 13.2 Å². The number of nitrogens with zero attached hydrogens (tertiary/aromatic N) is 1. The number of halogens is 1. The number of benzene rings is 1. The standard InChI is InChI=1S/C15H19ClN2O4/c16-12-4-1-3-11(9-12)13-10-18(7-8-22-13)15(21)17-6-2-5-14(19)20/h1,3-4,9,13H,2,5-8,10H2,(H,17,21)(H,19,20). The zero-order chi connectivity index (χ0) is 15.9. The molecule has 0 spiro atoms. The molecule has 1 aliphatic rings. The van der Waals surface area contributed by atoms with E-state index in [2.05, 4.69) is 5.32 Å². The summed E-state index contributed by atoms with van der Waals surface area (Å²) in [6, 6.07) is 7.21. The average molecular weight is 327 g/mol. The first kappa shape index (κ1) is 16.6. The molecule has 0 saturated carbocycles. The van der Waals surface area contributed by atoms with Crippen molar-refractivity contribution in [1.29, 1.82) is 0 Å². The molecule has 1 atom stereocenters. The van der Waals surface area contributed by atoms with Crippen LogP contribution in [0.5, 0.6) is 0 Å². The summed E-state index contributed by atoms with van der Waals surface area (Å²) in [6.45, 7) is 1.77. The lowest BCUT2D eigenvalue weighted by Crippen LogP contribution is -2.47. The van der Waals surface area contributed by atoms with E-state index in [0.29, 0.717) is 37.7 Å². The molecule has 22 heavy (non-hydrogen) atoms. The zero-order valence-corrected chi connectivity index (χ0v) is 12.9. The first-order valence-corrected chi connectivity index (χ1v) is 7.55. The van der Waals surface area contributed by atoms with Crippen LogP contribution >= 0.6 is 11.6 Å². The van der Waals surface area contributed by atoms with Gasteiger partial charge >= 0.3 is 12.0 Å². The minimum atomic E-state index is -0.860. The van der Waals surface area contributed by atoms with E-state index < -0.39 is 5.97 Å². The Labute approximate surface area is 134 Å². The fourth-order valence-corrected chi connectivity index (χ4v) is 2.49. The highest BCUT2D eigenvalue weighted by molar-refractivity contribution is 6.30. The zero-order valence-electron chi connectivity index (χ0n) is 12.1. The predicted octanol–water partition coefficient (Wildman–Crippen LogP) is 2.29. The molecule has 2 rings (SSSR count). The summed E-state index contributed by atoms with van der Waals surface area (Å²) in [5.41, 5.74) is 0.941. The fraction of sp³-hybridized carbons (Fsp3) is 0.467. The molecule has 6 nitrogen and oxygen atoms in total. The van der Waals surface area contributed by atoms with Crippen molar-refractivity contribution in [2.75, 3.05) is 26.2 Å². The Kier molecular flexibility index (Phi) is 6.03. The number of carboxylic acid groups (broad SMARTS) is 1. The molecule has 7 heteroatoms. The van der Waals surface area contributed by atoms with Gasteiger partial charge in [-0.3, -0.25) is 4.79 Å². The Morgan fingerprint density at radius 3 is 3.00 bits per heavy atom. The van der Waals surface area contributed by atoms with Crippen molar-refractivity contribution in [3.05, 3.63) is 34.9 Å². The number of urea groups is 1. The van der Waals surface area contributed by atoms with Crippen molar-refractivity contribution in [1.82, 2.24) is 10.2 Å². The third-order valence-corrected chi connectivity index (χ3v) is 3.65. The molecule has 1 aliphatic heterocycles. The quantitative estimate of drug-likeness (QED) is 0.814. The number of morpholine rings is 1. The summed E-state index contributed by atoms with van der Waals surface area (Å²) in [5.74, 6) is -0.860. The molecule has 1 heterocycles. The van der Waals surface area contributed by atoms with Gasteiger partial charge in [0.2, 0.25) is 0 Å². The number of ether oxygens (including phenoxy) is 1. The van der Waals surface area contributed by atoms with E-state index in [0.717, 1.165) is 5.56 Å². The van der Waals surface area contributed by atoms with E-state index in [1.807, 2.05) is 18.2 Å². The minimum absolute atomic E-state index is 0.0501. The number of hydrogen-bond acceptors (Lipinski definition) is 3. The number of nitrogens with one attached hydrogen (secondary N) is 1. The van der Waals surface area contributed by atoms with Crippen molar-refractivity contribution in [3.8, 4) is 0 Å². The molecular weight excluding hydrogens is 308 g/mol. The number of carbonyl (C=O) groups is 2. The molecule has 0 bridgehead atoms. The van der Waals surface area contributed by atoms with Crippen LogP contribution in [0.2, 0.25) is 5.02 Å². The second-order valence-electron chi connectivity index (χ2n) is 5.09. The highest BCUT2D eigenvalue weighted by Crippen LogP contribution is 2.24. The Hall–Kier alpha value is -1.79. The Morgan fingerprint density at radius 1 is 1.45 bits per heavy atom. The molecular formula is C15H19ClN2O4. The van der Waals surface area contributed by atoms with Gasteiger partial charge in [-0.15, -0.1) is 0 Å². The highest BCUT2D eigenvalue weighted by Gasteiger charge is 2.25. The highest BCUT2D eigenvalue weighted by atomic mass is 35.5. The van der Waals surface area contributed by atoms with Crippen LogP contribution < -0.4 is 5.32 Å². The van der Waals surface area contributed by atoms with E-state index >= 15 is 0 Å². The van der Waals surface area contributed by atoms with Crippen molar-refractivity contribution in [3.63, 3.8) is 0 Å². The summed E-state index contributed by atoms with van der Waals surface area (Å²) < 4.78 is 5.70. The van der Waals surface area contributed by atoms with Crippen molar-refractivity contribution >= 4 is 23.6 Å². The third kappa shape index (κ3) is 4.89. The molecule has 2 N–H and O–H groups in total. The molecule has 120 valence electrons. The van der Waals surface area contributed by atoms with Gasteiger partial charge in [0.15, 0.2) is 0 Å². The maximum absolute atomic E-state index is 12.1. The van der Waals surface area contributed by atoms with Gasteiger partial charge in [-0.2, -0.15) is 0 Å². The van der Waals surface area contributed by atoms with Crippen LogP contribution in [-0.4, -0.2) is 48.2 Å². The van der Waals surface area contributed by atoms with Crippen LogP contribution in [0.3, 0.4) is 0 Å². The van der Waals surface area contributed by atoms with Gasteiger partial charge in [0.1, 0.15) is 6.10 Å². The van der Waals surface area contributed by atoms with E-state index in [9.17, 15) is 9.59 Å². The molecule has 0 aromatic heterocycles. The van der Waals surface area contributed by atoms with Crippen molar-refractivity contribution in [2.45, 2.75) is 18.9 Å². The average Bonchev–Trinajstić information content (AvgIpc) is 2.51. The van der Waals surface area contributed by atoms with Crippen LogP contribution in [0, 0.1) is 0 Å². The lowest BCUT2D eigenvalue weighted by atomic mass is 10.1. The number of amides is 2. The summed E-state index contributed by atoms with van der Waals surface area (Å²) in [6.07, 6.45) is 0.273. The maximum atomic E-state index is 12.1. The molecule has 2 amide bonds. The summed E-state index contributed by atoms with van der Waals surface area (Å²) in [4.78, 5) is 24.2. The molecule has 1 aromatic carbocycles. The van der Waals surface area contributed by atoms with Gasteiger partial charge in [-0.05, 0) is 24.1 Å². The van der Waals surface area contributed by atoms with Gasteiger partial charge in [0, 0.05) is 24.5 Å². The van der Waals surface area contributed by atoms with E-state index in [1.54, 1.807) is 11.0 Å². The first-order chi connectivity index (χ1) is 10.6. The maximum Gasteiger partial charge on any atom is 0.317 e. The van der Waals surface area contributed by atoms with Crippen molar-refractivity contribution in [2.24, 2.45) is 0 Å². The lowest BCUT2D eigenvalue weighted by Gasteiger charge is -2.33. The second kappa shape index (κ2) is 8.00. The van der Waals surface area contributed by atoms with Crippen LogP contribution in [0.25, 0.3) is 0 Å². The van der Waals surface area contributed by atoms with Gasteiger partial charge in [-0.1, -0.05) is 23.7 Å². The molecule has 0 radical (unpaired) electrons. The number of hydrogen-bond donors (Lipinski definition) is 2. The van der Waals surface area contributed by atoms with E-state index in [-0.39, 0.29) is 18.6 Å². The number of aliphatic carboxylic acids is 1. The summed E-state index contributed by atoms with van der Waals surface area (Å²) in [5, 5.41) is 11.9. The molecule has 1 saturated heterocycles. The van der Waals surface area contributed by atoms with Gasteiger partial charge in [-0.25, -0.2) is 4.79 Å².